The zero-order valence-electron chi connectivity index (χ0n) is 11.4. The Labute approximate surface area is 137 Å². The van der Waals surface area contributed by atoms with Gasteiger partial charge in [-0.25, -0.2) is 0 Å². The lowest BCUT2D eigenvalue weighted by atomic mass is 9.87. The lowest BCUT2D eigenvalue weighted by Gasteiger charge is -2.26. The van der Waals surface area contributed by atoms with Crippen LogP contribution in [0.3, 0.4) is 0 Å². The molecule has 2 nitrogen and oxygen atoms in total. The summed E-state index contributed by atoms with van der Waals surface area (Å²) in [6.45, 7) is 0. The molecule has 0 saturated carbocycles. The molecule has 0 fully saturated rings. The van der Waals surface area contributed by atoms with Crippen LogP contribution in [0.1, 0.15) is 40.4 Å². The highest BCUT2D eigenvalue weighted by Gasteiger charge is 2.22. The average Bonchev–Trinajstić information content (AvgIpc) is 2.50. The highest BCUT2D eigenvalue weighted by atomic mass is 79.9. The second-order valence-corrected chi connectivity index (χ2v) is 6.53. The van der Waals surface area contributed by atoms with Crippen LogP contribution in [0.5, 0.6) is 0 Å². The van der Waals surface area contributed by atoms with Crippen LogP contribution in [-0.2, 0) is 6.42 Å². The van der Waals surface area contributed by atoms with E-state index in [1.165, 1.54) is 11.1 Å². The third kappa shape index (κ3) is 3.14. The summed E-state index contributed by atoms with van der Waals surface area (Å²) < 4.78 is 0.758. The minimum Gasteiger partial charge on any atom is -0.345 e. The molecule has 0 saturated heterocycles. The summed E-state index contributed by atoms with van der Waals surface area (Å²) in [5.74, 6) is -0.0916. The first-order valence-electron chi connectivity index (χ1n) is 6.99. The zero-order chi connectivity index (χ0) is 14.8. The van der Waals surface area contributed by atoms with E-state index in [1.54, 1.807) is 18.2 Å². The van der Waals surface area contributed by atoms with Crippen LogP contribution in [0.25, 0.3) is 0 Å². The van der Waals surface area contributed by atoms with Crippen molar-refractivity contribution in [2.45, 2.75) is 25.3 Å². The van der Waals surface area contributed by atoms with E-state index in [2.05, 4.69) is 39.4 Å². The smallest absolute Gasteiger partial charge is 0.252 e. The number of amides is 1. The largest absolute Gasteiger partial charge is 0.345 e. The Balaban J connectivity index is 1.84. The predicted octanol–water partition coefficient (Wildman–Crippen LogP) is 4.91. The van der Waals surface area contributed by atoms with E-state index >= 15 is 0 Å². The Morgan fingerprint density at radius 2 is 2.05 bits per heavy atom. The van der Waals surface area contributed by atoms with Crippen LogP contribution in [0.4, 0.5) is 0 Å². The number of hydrogen-bond acceptors (Lipinski definition) is 1. The Hall–Kier alpha value is -1.32. The summed E-state index contributed by atoms with van der Waals surface area (Å²) in [6.07, 6.45) is 3.16. The van der Waals surface area contributed by atoms with E-state index in [-0.39, 0.29) is 11.9 Å². The molecule has 0 heterocycles. The van der Waals surface area contributed by atoms with Gasteiger partial charge in [-0.3, -0.25) is 4.79 Å². The van der Waals surface area contributed by atoms with Gasteiger partial charge in [0.05, 0.1) is 11.6 Å². The third-order valence-corrected chi connectivity index (χ3v) is 4.77. The number of carbonyl (C=O) groups excluding carboxylic acids is 1. The van der Waals surface area contributed by atoms with Crippen molar-refractivity contribution < 1.29 is 4.79 Å². The van der Waals surface area contributed by atoms with Gasteiger partial charge in [0.15, 0.2) is 0 Å². The highest BCUT2D eigenvalue weighted by Crippen LogP contribution is 2.30. The van der Waals surface area contributed by atoms with Crippen LogP contribution in [0, 0.1) is 0 Å². The molecule has 0 radical (unpaired) electrons. The van der Waals surface area contributed by atoms with Crippen molar-refractivity contribution in [3.8, 4) is 0 Å². The minimum atomic E-state index is -0.0916. The first kappa shape index (κ1) is 14.6. The van der Waals surface area contributed by atoms with Crippen molar-refractivity contribution in [3.63, 3.8) is 0 Å². The number of fused-ring (bicyclic) bond motifs is 1. The molecule has 0 spiro atoms. The molecule has 1 atom stereocenters. The van der Waals surface area contributed by atoms with Crippen LogP contribution in [0.15, 0.2) is 46.9 Å². The standard InChI is InChI=1S/C17H15BrClNO/c18-15-9-8-12(19)10-14(15)17(21)20-16-7-3-5-11-4-1-2-6-13(11)16/h1-2,4,6,8-10,16H,3,5,7H2,(H,20,21). The number of halogens is 2. The highest BCUT2D eigenvalue weighted by molar-refractivity contribution is 9.10. The summed E-state index contributed by atoms with van der Waals surface area (Å²) in [7, 11) is 0. The molecule has 1 aliphatic rings. The van der Waals surface area contributed by atoms with Crippen molar-refractivity contribution in [2.24, 2.45) is 0 Å². The van der Waals surface area contributed by atoms with Gasteiger partial charge in [0, 0.05) is 9.50 Å². The van der Waals surface area contributed by atoms with Crippen molar-refractivity contribution in [1.82, 2.24) is 5.32 Å². The van der Waals surface area contributed by atoms with E-state index in [1.807, 2.05) is 6.07 Å². The van der Waals surface area contributed by atoms with Crippen LogP contribution < -0.4 is 5.32 Å². The molecule has 2 aromatic carbocycles. The Morgan fingerprint density at radius 1 is 1.24 bits per heavy atom. The maximum Gasteiger partial charge on any atom is 0.252 e. The van der Waals surface area contributed by atoms with Crippen molar-refractivity contribution in [1.29, 1.82) is 0 Å². The van der Waals surface area contributed by atoms with Crippen molar-refractivity contribution in [3.05, 3.63) is 68.7 Å². The number of hydrogen-bond donors (Lipinski definition) is 1. The van der Waals surface area contributed by atoms with Crippen LogP contribution in [0.2, 0.25) is 5.02 Å². The van der Waals surface area contributed by atoms with E-state index in [9.17, 15) is 4.79 Å². The fourth-order valence-electron chi connectivity index (χ4n) is 2.81. The maximum absolute atomic E-state index is 12.5. The summed E-state index contributed by atoms with van der Waals surface area (Å²) >= 11 is 9.39. The van der Waals surface area contributed by atoms with Gasteiger partial charge in [-0.1, -0.05) is 35.9 Å². The Bertz CT molecular complexity index is 686. The lowest BCUT2D eigenvalue weighted by Crippen LogP contribution is -2.31. The second kappa shape index (κ2) is 6.20. The number of rotatable bonds is 2. The summed E-state index contributed by atoms with van der Waals surface area (Å²) in [6, 6.07) is 13.7. The quantitative estimate of drug-likeness (QED) is 0.806. The SMILES string of the molecule is O=C(NC1CCCc2ccccc21)c1cc(Cl)ccc1Br. The molecular weight excluding hydrogens is 350 g/mol. The van der Waals surface area contributed by atoms with E-state index in [0.717, 1.165) is 23.7 Å². The van der Waals surface area contributed by atoms with Gasteiger partial charge in [-0.15, -0.1) is 0 Å². The molecule has 3 rings (SSSR count). The van der Waals surface area contributed by atoms with Gasteiger partial charge in [0.2, 0.25) is 0 Å². The second-order valence-electron chi connectivity index (χ2n) is 5.24. The van der Waals surface area contributed by atoms with Crippen LogP contribution >= 0.6 is 27.5 Å². The normalized spacial score (nSPS) is 17.1. The molecule has 1 aliphatic carbocycles. The number of aryl methyl sites for hydroxylation is 1. The Kier molecular flexibility index (Phi) is 4.32. The van der Waals surface area contributed by atoms with Crippen molar-refractivity contribution >= 4 is 33.4 Å². The van der Waals surface area contributed by atoms with Crippen LogP contribution in [-0.4, -0.2) is 5.91 Å². The van der Waals surface area contributed by atoms with E-state index < -0.39 is 0 Å². The fourth-order valence-corrected chi connectivity index (χ4v) is 3.41. The topological polar surface area (TPSA) is 29.1 Å². The fraction of sp³-hybridized carbons (Fsp3) is 0.235. The van der Waals surface area contributed by atoms with Crippen molar-refractivity contribution in [2.75, 3.05) is 0 Å². The van der Waals surface area contributed by atoms with Gasteiger partial charge in [0.1, 0.15) is 0 Å². The van der Waals surface area contributed by atoms with Gasteiger partial charge in [-0.05, 0) is 64.5 Å². The molecule has 0 bridgehead atoms. The predicted molar refractivity (Wildman–Crippen MR) is 88.7 cm³/mol. The summed E-state index contributed by atoms with van der Waals surface area (Å²) in [5, 5.41) is 3.69. The number of nitrogens with one attached hydrogen (secondary N) is 1. The van der Waals surface area contributed by atoms with Gasteiger partial charge >= 0.3 is 0 Å². The maximum atomic E-state index is 12.5. The van der Waals surface area contributed by atoms with Gasteiger partial charge in [0.25, 0.3) is 5.91 Å². The number of carbonyl (C=O) groups is 1. The van der Waals surface area contributed by atoms with Gasteiger partial charge in [-0.2, -0.15) is 0 Å². The minimum absolute atomic E-state index is 0.0772. The monoisotopic (exact) mass is 363 g/mol. The first-order chi connectivity index (χ1) is 10.1. The molecule has 108 valence electrons. The molecule has 2 aromatic rings. The molecule has 1 N–H and O–H groups in total. The summed E-state index contributed by atoms with van der Waals surface area (Å²) in [4.78, 5) is 12.5. The van der Waals surface area contributed by atoms with E-state index in [0.29, 0.717) is 10.6 Å². The summed E-state index contributed by atoms with van der Waals surface area (Å²) in [5.41, 5.74) is 3.14. The molecule has 21 heavy (non-hydrogen) atoms. The van der Waals surface area contributed by atoms with E-state index in [4.69, 9.17) is 11.6 Å². The third-order valence-electron chi connectivity index (χ3n) is 3.85. The molecule has 1 unspecified atom stereocenters. The molecular formula is C17H15BrClNO. The lowest BCUT2D eigenvalue weighted by molar-refractivity contribution is 0.0932. The molecule has 1 amide bonds. The Morgan fingerprint density at radius 3 is 2.90 bits per heavy atom. The molecule has 0 aliphatic heterocycles. The first-order valence-corrected chi connectivity index (χ1v) is 8.16. The molecule has 4 heteroatoms. The number of benzene rings is 2. The van der Waals surface area contributed by atoms with Gasteiger partial charge < -0.3 is 5.32 Å². The zero-order valence-corrected chi connectivity index (χ0v) is 13.7. The average molecular weight is 365 g/mol. The molecule has 0 aromatic heterocycles.